The van der Waals surface area contributed by atoms with Crippen LogP contribution in [-0.2, 0) is 13.0 Å². The topological polar surface area (TPSA) is 47.5 Å². The molecule has 0 bridgehead atoms. The molecule has 4 rings (SSSR count). The molecule has 1 aliphatic rings. The summed E-state index contributed by atoms with van der Waals surface area (Å²) in [5.41, 5.74) is 6.03. The summed E-state index contributed by atoms with van der Waals surface area (Å²) in [6.45, 7) is 3.99. The van der Waals surface area contributed by atoms with Crippen LogP contribution >= 0.6 is 0 Å². The van der Waals surface area contributed by atoms with E-state index in [9.17, 15) is 0 Å². The fourth-order valence-corrected chi connectivity index (χ4v) is 3.51. The third-order valence-electron chi connectivity index (χ3n) is 4.84. The third kappa shape index (κ3) is 2.76. The Bertz CT molecular complexity index is 940. The Morgan fingerprint density at radius 1 is 1.00 bits per heavy atom. The van der Waals surface area contributed by atoms with Crippen LogP contribution in [0.3, 0.4) is 0 Å². The highest BCUT2D eigenvalue weighted by Gasteiger charge is 2.20. The molecule has 1 aliphatic heterocycles. The number of anilines is 1. The van der Waals surface area contributed by atoms with Gasteiger partial charge in [-0.2, -0.15) is 10.2 Å². The van der Waals surface area contributed by atoms with Gasteiger partial charge in [0.05, 0.1) is 31.6 Å². The maximum atomic E-state index is 5.46. The van der Waals surface area contributed by atoms with Crippen LogP contribution in [0.2, 0.25) is 0 Å². The molecule has 0 saturated heterocycles. The molecule has 0 N–H and O–H groups in total. The van der Waals surface area contributed by atoms with Crippen LogP contribution in [0.15, 0.2) is 36.5 Å². The van der Waals surface area contributed by atoms with Crippen LogP contribution < -0.4 is 14.4 Å². The number of hydrogen-bond donors (Lipinski definition) is 0. The molecule has 2 heterocycles. The van der Waals surface area contributed by atoms with Gasteiger partial charge in [-0.05, 0) is 30.5 Å². The van der Waals surface area contributed by atoms with Crippen molar-refractivity contribution in [3.05, 3.63) is 53.2 Å². The van der Waals surface area contributed by atoms with Gasteiger partial charge in [0.25, 0.3) is 0 Å². The maximum absolute atomic E-state index is 5.46. The van der Waals surface area contributed by atoms with Gasteiger partial charge in [-0.15, -0.1) is 0 Å². The Morgan fingerprint density at radius 2 is 1.80 bits per heavy atom. The van der Waals surface area contributed by atoms with Crippen molar-refractivity contribution in [1.29, 1.82) is 0 Å². The number of ether oxygens (including phenoxy) is 2. The van der Waals surface area contributed by atoms with E-state index < -0.39 is 0 Å². The molecule has 5 nitrogen and oxygen atoms in total. The molecule has 0 amide bonds. The molecule has 0 atom stereocenters. The van der Waals surface area contributed by atoms with E-state index in [0.29, 0.717) is 11.5 Å². The van der Waals surface area contributed by atoms with Crippen LogP contribution in [0.25, 0.3) is 10.9 Å². The zero-order valence-electron chi connectivity index (χ0n) is 14.7. The van der Waals surface area contributed by atoms with Crippen molar-refractivity contribution < 1.29 is 9.47 Å². The van der Waals surface area contributed by atoms with Gasteiger partial charge in [-0.1, -0.05) is 23.8 Å². The second-order valence-corrected chi connectivity index (χ2v) is 6.40. The minimum atomic E-state index is 0.668. The second kappa shape index (κ2) is 6.24. The molecule has 0 spiro atoms. The maximum Gasteiger partial charge on any atom is 0.162 e. The van der Waals surface area contributed by atoms with Crippen molar-refractivity contribution in [2.45, 2.75) is 19.9 Å². The smallest absolute Gasteiger partial charge is 0.162 e. The highest BCUT2D eigenvalue weighted by molar-refractivity contribution is 5.93. The zero-order valence-corrected chi connectivity index (χ0v) is 14.7. The molecule has 0 fully saturated rings. The number of aryl methyl sites for hydroxylation is 1. The quantitative estimate of drug-likeness (QED) is 0.733. The minimum absolute atomic E-state index is 0.668. The van der Waals surface area contributed by atoms with Gasteiger partial charge >= 0.3 is 0 Å². The fourth-order valence-electron chi connectivity index (χ4n) is 3.51. The summed E-state index contributed by atoms with van der Waals surface area (Å²) in [4.78, 5) is 2.36. The lowest BCUT2D eigenvalue weighted by atomic mass is 9.97. The predicted molar refractivity (Wildman–Crippen MR) is 98.6 cm³/mol. The molecule has 2 aromatic carbocycles. The second-order valence-electron chi connectivity index (χ2n) is 6.40. The van der Waals surface area contributed by atoms with Crippen molar-refractivity contribution in [2.24, 2.45) is 0 Å². The summed E-state index contributed by atoms with van der Waals surface area (Å²) in [6, 6.07) is 10.6. The van der Waals surface area contributed by atoms with Gasteiger partial charge in [0.2, 0.25) is 0 Å². The van der Waals surface area contributed by atoms with E-state index in [0.717, 1.165) is 36.1 Å². The van der Waals surface area contributed by atoms with E-state index in [-0.39, 0.29) is 0 Å². The highest BCUT2D eigenvalue weighted by atomic mass is 16.5. The van der Waals surface area contributed by atoms with Gasteiger partial charge in [0.1, 0.15) is 0 Å². The summed E-state index contributed by atoms with van der Waals surface area (Å²) < 4.78 is 10.8. The molecular formula is C20H21N3O2. The summed E-state index contributed by atoms with van der Waals surface area (Å²) in [7, 11) is 3.28. The summed E-state index contributed by atoms with van der Waals surface area (Å²) >= 11 is 0. The molecule has 0 aliphatic carbocycles. The lowest BCUT2D eigenvalue weighted by Crippen LogP contribution is -2.30. The number of benzene rings is 2. The zero-order chi connectivity index (χ0) is 17.4. The van der Waals surface area contributed by atoms with Gasteiger partial charge in [0, 0.05) is 24.5 Å². The number of fused-ring (bicyclic) bond motifs is 2. The fraction of sp³-hybridized carbons (Fsp3) is 0.300. The molecule has 3 aromatic rings. The lowest BCUT2D eigenvalue weighted by molar-refractivity contribution is 0.355. The Labute approximate surface area is 147 Å². The normalized spacial score (nSPS) is 13.6. The van der Waals surface area contributed by atoms with Crippen molar-refractivity contribution >= 4 is 16.6 Å². The van der Waals surface area contributed by atoms with E-state index in [4.69, 9.17) is 9.47 Å². The molecule has 0 unspecified atom stereocenters. The van der Waals surface area contributed by atoms with Crippen LogP contribution in [0, 0.1) is 6.92 Å². The number of aromatic nitrogens is 2. The van der Waals surface area contributed by atoms with Gasteiger partial charge in [0.15, 0.2) is 11.5 Å². The first-order chi connectivity index (χ1) is 12.2. The molecule has 0 radical (unpaired) electrons. The average molecular weight is 335 g/mol. The molecular weight excluding hydrogens is 314 g/mol. The standard InChI is InChI=1S/C20H21N3O2/c1-13-4-5-15-12-23(7-6-14(15)8-13)18-11-21-22-17-10-20(25-3)19(24-2)9-16(17)18/h4-5,8-11H,6-7,12H2,1-3H3. The van der Waals surface area contributed by atoms with Crippen molar-refractivity contribution in [3.8, 4) is 11.5 Å². The minimum Gasteiger partial charge on any atom is -0.493 e. The largest absolute Gasteiger partial charge is 0.493 e. The Balaban J connectivity index is 1.78. The Hall–Kier alpha value is -2.82. The van der Waals surface area contributed by atoms with Crippen LogP contribution in [0.5, 0.6) is 11.5 Å². The van der Waals surface area contributed by atoms with Crippen LogP contribution in [-0.4, -0.2) is 31.0 Å². The van der Waals surface area contributed by atoms with Crippen molar-refractivity contribution in [2.75, 3.05) is 25.7 Å². The van der Waals surface area contributed by atoms with E-state index in [1.54, 1.807) is 14.2 Å². The van der Waals surface area contributed by atoms with E-state index in [1.807, 2.05) is 18.3 Å². The van der Waals surface area contributed by atoms with Gasteiger partial charge in [-0.3, -0.25) is 0 Å². The number of hydrogen-bond acceptors (Lipinski definition) is 5. The molecule has 1 aromatic heterocycles. The SMILES string of the molecule is COc1cc2nncc(N3CCc4cc(C)ccc4C3)c2cc1OC. The van der Waals surface area contributed by atoms with Crippen LogP contribution in [0.4, 0.5) is 5.69 Å². The van der Waals surface area contributed by atoms with Crippen LogP contribution in [0.1, 0.15) is 16.7 Å². The summed E-state index contributed by atoms with van der Waals surface area (Å²) in [6.07, 6.45) is 2.88. The first-order valence-electron chi connectivity index (χ1n) is 8.40. The van der Waals surface area contributed by atoms with E-state index in [2.05, 4.69) is 40.2 Å². The van der Waals surface area contributed by atoms with Crippen molar-refractivity contribution in [1.82, 2.24) is 10.2 Å². The molecule has 5 heteroatoms. The Kier molecular flexibility index (Phi) is 3.92. The number of nitrogens with zero attached hydrogens (tertiary/aromatic N) is 3. The molecule has 25 heavy (non-hydrogen) atoms. The monoisotopic (exact) mass is 335 g/mol. The van der Waals surface area contributed by atoms with E-state index in [1.165, 1.54) is 16.7 Å². The highest BCUT2D eigenvalue weighted by Crippen LogP contribution is 2.36. The predicted octanol–water partition coefficient (Wildman–Crippen LogP) is 3.52. The first kappa shape index (κ1) is 15.7. The molecule has 0 saturated carbocycles. The third-order valence-corrected chi connectivity index (χ3v) is 4.84. The molecule has 128 valence electrons. The summed E-state index contributed by atoms with van der Waals surface area (Å²) in [5.74, 6) is 1.37. The van der Waals surface area contributed by atoms with E-state index >= 15 is 0 Å². The Morgan fingerprint density at radius 3 is 2.60 bits per heavy atom. The lowest BCUT2D eigenvalue weighted by Gasteiger charge is -2.31. The number of methoxy groups -OCH3 is 2. The number of rotatable bonds is 3. The summed E-state index contributed by atoms with van der Waals surface area (Å²) in [5, 5.41) is 9.50. The first-order valence-corrected chi connectivity index (χ1v) is 8.40. The average Bonchev–Trinajstić information content (AvgIpc) is 2.65. The van der Waals surface area contributed by atoms with Crippen molar-refractivity contribution in [3.63, 3.8) is 0 Å². The van der Waals surface area contributed by atoms with Gasteiger partial charge in [-0.25, -0.2) is 0 Å². The van der Waals surface area contributed by atoms with Gasteiger partial charge < -0.3 is 14.4 Å².